The van der Waals surface area contributed by atoms with E-state index in [2.05, 4.69) is 13.8 Å². The highest BCUT2D eigenvalue weighted by molar-refractivity contribution is 6.21. The Labute approximate surface area is 117 Å². The predicted molar refractivity (Wildman–Crippen MR) is 76.1 cm³/mol. The van der Waals surface area contributed by atoms with Crippen LogP contribution in [0.3, 0.4) is 0 Å². The Hall–Kier alpha value is 0.250. The molecular formula is C16H27ClO. The van der Waals surface area contributed by atoms with E-state index in [0.717, 1.165) is 6.42 Å². The van der Waals surface area contributed by atoms with Crippen molar-refractivity contribution in [1.82, 2.24) is 0 Å². The van der Waals surface area contributed by atoms with Gasteiger partial charge in [0.15, 0.2) is 0 Å². The SMILES string of the molecule is CC1(C)CCC(OC2CC(Cl)C23CCCC3)CC1. The highest BCUT2D eigenvalue weighted by atomic mass is 35.5. The molecule has 0 aliphatic heterocycles. The molecule has 18 heavy (non-hydrogen) atoms. The van der Waals surface area contributed by atoms with Crippen molar-refractivity contribution >= 4 is 11.6 Å². The minimum Gasteiger partial charge on any atom is -0.374 e. The van der Waals surface area contributed by atoms with Gasteiger partial charge in [-0.05, 0) is 50.4 Å². The highest BCUT2D eigenvalue weighted by Gasteiger charge is 2.56. The predicted octanol–water partition coefficient (Wildman–Crippen LogP) is 4.91. The van der Waals surface area contributed by atoms with E-state index in [4.69, 9.17) is 16.3 Å². The molecule has 0 heterocycles. The van der Waals surface area contributed by atoms with E-state index in [1.807, 2.05) is 0 Å². The monoisotopic (exact) mass is 270 g/mol. The van der Waals surface area contributed by atoms with Crippen molar-refractivity contribution in [1.29, 1.82) is 0 Å². The van der Waals surface area contributed by atoms with Gasteiger partial charge in [-0.3, -0.25) is 0 Å². The molecule has 0 saturated heterocycles. The van der Waals surface area contributed by atoms with Gasteiger partial charge in [-0.25, -0.2) is 0 Å². The normalized spacial score (nSPS) is 38.8. The van der Waals surface area contributed by atoms with Crippen molar-refractivity contribution in [2.24, 2.45) is 10.8 Å². The average molecular weight is 271 g/mol. The second kappa shape index (κ2) is 4.66. The van der Waals surface area contributed by atoms with Crippen LogP contribution in [0.5, 0.6) is 0 Å². The van der Waals surface area contributed by atoms with Crippen LogP contribution in [0.4, 0.5) is 0 Å². The van der Waals surface area contributed by atoms with E-state index >= 15 is 0 Å². The minimum absolute atomic E-state index is 0.370. The molecule has 0 aromatic heterocycles. The standard InChI is InChI=1S/C16H27ClO/c1-15(2)9-5-12(6-10-15)18-14-11-13(17)16(14)7-3-4-8-16/h12-14H,3-11H2,1-2H3. The largest absolute Gasteiger partial charge is 0.374 e. The maximum absolute atomic E-state index is 6.49. The summed E-state index contributed by atoms with van der Waals surface area (Å²) in [7, 11) is 0. The molecule has 104 valence electrons. The van der Waals surface area contributed by atoms with Crippen LogP contribution in [0.25, 0.3) is 0 Å². The lowest BCUT2D eigenvalue weighted by Crippen LogP contribution is -2.55. The van der Waals surface area contributed by atoms with Crippen LogP contribution in [0.2, 0.25) is 0 Å². The van der Waals surface area contributed by atoms with Crippen molar-refractivity contribution in [3.8, 4) is 0 Å². The van der Waals surface area contributed by atoms with Gasteiger partial charge >= 0.3 is 0 Å². The molecule has 0 N–H and O–H groups in total. The fourth-order valence-corrected chi connectivity index (χ4v) is 4.82. The molecule has 0 radical (unpaired) electrons. The summed E-state index contributed by atoms with van der Waals surface area (Å²) in [4.78, 5) is 0. The molecule has 1 spiro atoms. The van der Waals surface area contributed by atoms with Gasteiger partial charge in [0.25, 0.3) is 0 Å². The van der Waals surface area contributed by atoms with Crippen molar-refractivity contribution in [2.45, 2.75) is 89.2 Å². The average Bonchev–Trinajstić information content (AvgIpc) is 2.83. The molecule has 0 amide bonds. The van der Waals surface area contributed by atoms with Crippen LogP contribution in [-0.2, 0) is 4.74 Å². The Balaban J connectivity index is 1.55. The molecular weight excluding hydrogens is 244 g/mol. The van der Waals surface area contributed by atoms with E-state index in [-0.39, 0.29) is 0 Å². The minimum atomic E-state index is 0.370. The van der Waals surface area contributed by atoms with E-state index < -0.39 is 0 Å². The van der Waals surface area contributed by atoms with E-state index in [1.54, 1.807) is 0 Å². The molecule has 0 bridgehead atoms. The summed E-state index contributed by atoms with van der Waals surface area (Å²) < 4.78 is 6.44. The first kappa shape index (κ1) is 13.2. The number of alkyl halides is 1. The summed E-state index contributed by atoms with van der Waals surface area (Å²) in [5, 5.41) is 0.394. The third-order valence-electron chi connectivity index (χ3n) is 5.86. The van der Waals surface area contributed by atoms with Crippen LogP contribution >= 0.6 is 11.6 Å². The molecule has 3 aliphatic rings. The zero-order valence-corrected chi connectivity index (χ0v) is 12.6. The highest BCUT2D eigenvalue weighted by Crippen LogP contribution is 2.57. The lowest BCUT2D eigenvalue weighted by atomic mass is 9.64. The number of halogens is 1. The molecule has 2 unspecified atom stereocenters. The van der Waals surface area contributed by atoms with Crippen molar-refractivity contribution in [3.05, 3.63) is 0 Å². The van der Waals surface area contributed by atoms with E-state index in [9.17, 15) is 0 Å². The molecule has 0 aromatic carbocycles. The summed E-state index contributed by atoms with van der Waals surface area (Å²) in [6.07, 6.45) is 12.6. The van der Waals surface area contributed by atoms with Gasteiger partial charge in [-0.2, -0.15) is 0 Å². The molecule has 1 nitrogen and oxygen atoms in total. The maximum atomic E-state index is 6.49. The lowest BCUT2D eigenvalue weighted by Gasteiger charge is -2.53. The molecule has 3 rings (SSSR count). The van der Waals surface area contributed by atoms with E-state index in [0.29, 0.717) is 28.4 Å². The first-order valence-electron chi connectivity index (χ1n) is 7.81. The summed E-state index contributed by atoms with van der Waals surface area (Å²) in [6, 6.07) is 0. The van der Waals surface area contributed by atoms with Crippen LogP contribution < -0.4 is 0 Å². The smallest absolute Gasteiger partial charge is 0.0663 e. The van der Waals surface area contributed by atoms with Crippen molar-refractivity contribution in [3.63, 3.8) is 0 Å². The van der Waals surface area contributed by atoms with Gasteiger partial charge in [0.2, 0.25) is 0 Å². The molecule has 0 aromatic rings. The number of hydrogen-bond donors (Lipinski definition) is 0. The summed E-state index contributed by atoms with van der Waals surface area (Å²) in [5.41, 5.74) is 0.911. The Morgan fingerprint density at radius 3 is 2.17 bits per heavy atom. The molecule has 2 heteroatoms. The van der Waals surface area contributed by atoms with Crippen LogP contribution in [0.1, 0.15) is 71.6 Å². The van der Waals surface area contributed by atoms with Gasteiger partial charge in [0, 0.05) is 10.8 Å². The van der Waals surface area contributed by atoms with Crippen LogP contribution in [-0.4, -0.2) is 17.6 Å². The van der Waals surface area contributed by atoms with E-state index in [1.165, 1.54) is 51.4 Å². The van der Waals surface area contributed by atoms with Crippen LogP contribution in [0.15, 0.2) is 0 Å². The van der Waals surface area contributed by atoms with Crippen molar-refractivity contribution < 1.29 is 4.74 Å². The third kappa shape index (κ3) is 2.22. The quantitative estimate of drug-likeness (QED) is 0.648. The molecule has 3 saturated carbocycles. The van der Waals surface area contributed by atoms with Gasteiger partial charge in [-0.15, -0.1) is 11.6 Å². The zero-order chi connectivity index (χ0) is 12.8. The Morgan fingerprint density at radius 2 is 1.61 bits per heavy atom. The van der Waals surface area contributed by atoms with Gasteiger partial charge < -0.3 is 4.74 Å². The second-order valence-corrected chi connectivity index (χ2v) is 8.16. The summed E-state index contributed by atoms with van der Waals surface area (Å²) in [5.74, 6) is 0. The fraction of sp³-hybridized carbons (Fsp3) is 1.00. The van der Waals surface area contributed by atoms with Gasteiger partial charge in [0.1, 0.15) is 0 Å². The Morgan fingerprint density at radius 1 is 1.00 bits per heavy atom. The number of hydrogen-bond acceptors (Lipinski definition) is 1. The number of ether oxygens (including phenoxy) is 1. The topological polar surface area (TPSA) is 9.23 Å². The van der Waals surface area contributed by atoms with Gasteiger partial charge in [0.05, 0.1) is 12.2 Å². The number of rotatable bonds is 2. The zero-order valence-electron chi connectivity index (χ0n) is 11.9. The maximum Gasteiger partial charge on any atom is 0.0663 e. The Bertz CT molecular complexity index is 296. The third-order valence-corrected chi connectivity index (χ3v) is 6.48. The lowest BCUT2D eigenvalue weighted by molar-refractivity contribution is -0.149. The molecule has 2 atom stereocenters. The van der Waals surface area contributed by atoms with Crippen molar-refractivity contribution in [2.75, 3.05) is 0 Å². The van der Waals surface area contributed by atoms with Crippen LogP contribution in [0, 0.1) is 10.8 Å². The first-order valence-corrected chi connectivity index (χ1v) is 8.25. The Kier molecular flexibility index (Phi) is 3.43. The van der Waals surface area contributed by atoms with Gasteiger partial charge in [-0.1, -0.05) is 26.7 Å². The second-order valence-electron chi connectivity index (χ2n) is 7.63. The fourth-order valence-electron chi connectivity index (χ4n) is 4.30. The summed E-state index contributed by atoms with van der Waals surface area (Å²) in [6.45, 7) is 4.78. The summed E-state index contributed by atoms with van der Waals surface area (Å²) >= 11 is 6.49. The molecule has 3 aliphatic carbocycles. The first-order chi connectivity index (χ1) is 8.52. The molecule has 3 fully saturated rings.